The van der Waals surface area contributed by atoms with Crippen LogP contribution in [-0.4, -0.2) is 25.1 Å². The fourth-order valence-corrected chi connectivity index (χ4v) is 6.32. The summed E-state index contributed by atoms with van der Waals surface area (Å²) < 4.78 is 1.66. The quantitative estimate of drug-likeness (QED) is 0.153. The Bertz CT molecular complexity index is 1380. The minimum absolute atomic E-state index is 0.151. The van der Waals surface area contributed by atoms with E-state index >= 15 is 0 Å². The van der Waals surface area contributed by atoms with Gasteiger partial charge in [-0.1, -0.05) is 52.0 Å². The summed E-state index contributed by atoms with van der Waals surface area (Å²) in [6.07, 6.45) is 0. The fraction of sp³-hybridized carbons (Fsp3) is 0.194. The largest absolute Gasteiger partial charge is 0.508 e. The second kappa shape index (κ2) is 15.3. The molecular weight excluding hydrogens is 843 g/mol. The molecule has 0 spiro atoms. The van der Waals surface area contributed by atoms with Gasteiger partial charge >= 0.3 is 4.70 Å². The van der Waals surface area contributed by atoms with Crippen molar-refractivity contribution in [2.75, 3.05) is 0 Å². The summed E-state index contributed by atoms with van der Waals surface area (Å²) in [6.45, 7) is 8.41. The van der Waals surface area contributed by atoms with Crippen LogP contribution in [0.15, 0.2) is 90.7 Å². The Morgan fingerprint density at radius 3 is 0.976 bits per heavy atom. The van der Waals surface area contributed by atoms with Crippen molar-refractivity contribution < 1.29 is 25.2 Å². The predicted molar refractivity (Wildman–Crippen MR) is 185 cm³/mol. The van der Waals surface area contributed by atoms with E-state index in [1.807, 2.05) is 48.5 Å². The molecule has 0 amide bonds. The first-order valence-electron chi connectivity index (χ1n) is 12.2. The van der Waals surface area contributed by atoms with E-state index in [0.717, 1.165) is 22.3 Å². The molecule has 4 aromatic rings. The van der Waals surface area contributed by atoms with Crippen molar-refractivity contribution in [2.45, 2.75) is 38.5 Å². The van der Waals surface area contributed by atoms with Crippen molar-refractivity contribution in [2.24, 2.45) is 0 Å². The zero-order valence-corrected chi connectivity index (χ0v) is 30.7. The van der Waals surface area contributed by atoms with Crippen LogP contribution in [0.3, 0.4) is 0 Å². The highest BCUT2D eigenvalue weighted by molar-refractivity contribution is 9.11. The number of benzene rings is 4. The van der Waals surface area contributed by atoms with Crippen LogP contribution in [0.25, 0.3) is 0 Å². The molecule has 0 atom stereocenters. The molecule has 11 heteroatoms. The van der Waals surface area contributed by atoms with Crippen molar-refractivity contribution in [3.8, 4) is 23.0 Å². The lowest BCUT2D eigenvalue weighted by Gasteiger charge is -2.27. The molecule has 0 aliphatic carbocycles. The number of hydrogen-bond acceptors (Lipinski definition) is 5. The van der Waals surface area contributed by atoms with Gasteiger partial charge in [0.25, 0.3) is 0 Å². The van der Waals surface area contributed by atoms with Gasteiger partial charge in [0.1, 0.15) is 23.0 Å². The highest BCUT2D eigenvalue weighted by Crippen LogP contribution is 2.43. The molecule has 4 aromatic carbocycles. The van der Waals surface area contributed by atoms with Crippen LogP contribution >= 0.6 is 86.9 Å². The smallest absolute Gasteiger partial charge is 0.313 e. The minimum atomic E-state index is -0.889. The molecule has 224 valence electrons. The second-order valence-corrected chi connectivity index (χ2v) is 14.4. The molecule has 0 aromatic heterocycles. The van der Waals surface area contributed by atoms with Gasteiger partial charge in [-0.25, -0.2) is 0 Å². The Kier molecular flexibility index (Phi) is 13.3. The average Bonchev–Trinajstić information content (AvgIpc) is 2.90. The predicted octanol–water partition coefficient (Wildman–Crippen LogP) is 11.5. The molecule has 42 heavy (non-hydrogen) atoms. The summed E-state index contributed by atoms with van der Waals surface area (Å²) in [5, 5.41) is 38.3. The monoisotopic (exact) mass is 866 g/mol. The lowest BCUT2D eigenvalue weighted by Crippen LogP contribution is -2.19. The number of phenolic OH excluding ortho intramolecular Hbond substituents is 4. The van der Waals surface area contributed by atoms with Gasteiger partial charge in [-0.3, -0.25) is 4.79 Å². The normalized spacial score (nSPS) is 11.1. The van der Waals surface area contributed by atoms with E-state index in [2.05, 4.69) is 115 Å². The van der Waals surface area contributed by atoms with Crippen LogP contribution in [0, 0.1) is 0 Å². The van der Waals surface area contributed by atoms with E-state index in [1.165, 1.54) is 0 Å². The van der Waals surface area contributed by atoms with Crippen molar-refractivity contribution in [1.82, 2.24) is 0 Å². The number of phenols is 4. The Balaban J connectivity index is 0.000000265. The second-order valence-electron chi connectivity index (χ2n) is 10.1. The summed E-state index contributed by atoms with van der Waals surface area (Å²) in [6, 6.07) is 22.0. The number of hydrogen-bond donors (Lipinski definition) is 4. The van der Waals surface area contributed by atoms with Gasteiger partial charge in [-0.2, -0.15) is 0 Å². The summed E-state index contributed by atoms with van der Waals surface area (Å²) in [7, 11) is 0. The van der Waals surface area contributed by atoms with Crippen LogP contribution < -0.4 is 0 Å². The van der Waals surface area contributed by atoms with Gasteiger partial charge < -0.3 is 20.4 Å². The number of rotatable bonds is 4. The van der Waals surface area contributed by atoms with Gasteiger partial charge in [-0.05, 0) is 158 Å². The minimum Gasteiger partial charge on any atom is -0.508 e. The maximum Gasteiger partial charge on any atom is 0.313 e. The van der Waals surface area contributed by atoms with E-state index in [0.29, 0.717) is 17.9 Å². The third-order valence-corrected chi connectivity index (χ3v) is 9.07. The molecule has 0 unspecified atom stereocenters. The maximum absolute atomic E-state index is 9.85. The number of halogens is 6. The van der Waals surface area contributed by atoms with Crippen molar-refractivity contribution in [3.63, 3.8) is 0 Å². The van der Waals surface area contributed by atoms with Crippen molar-refractivity contribution in [1.29, 1.82) is 0 Å². The molecule has 0 bridgehead atoms. The van der Waals surface area contributed by atoms with E-state index in [-0.39, 0.29) is 33.8 Å². The van der Waals surface area contributed by atoms with Gasteiger partial charge in [0.05, 0.1) is 17.9 Å². The summed E-state index contributed by atoms with van der Waals surface area (Å²) in [4.78, 5) is 8.98. The van der Waals surface area contributed by atoms with E-state index < -0.39 is 4.70 Å². The molecule has 0 fully saturated rings. The third-order valence-electron chi connectivity index (χ3n) is 6.66. The number of carbonyl (C=O) groups excluding carboxylic acids is 1. The number of aromatic hydroxyl groups is 4. The lowest BCUT2D eigenvalue weighted by molar-refractivity contribution is 0.275. The van der Waals surface area contributed by atoms with Gasteiger partial charge in [0.2, 0.25) is 0 Å². The molecule has 0 radical (unpaired) electrons. The Morgan fingerprint density at radius 2 is 0.738 bits per heavy atom. The average molecular weight is 871 g/mol. The molecule has 4 rings (SSSR count). The molecule has 0 heterocycles. The van der Waals surface area contributed by atoms with Crippen molar-refractivity contribution in [3.05, 3.63) is 113 Å². The zero-order valence-electron chi connectivity index (χ0n) is 22.9. The summed E-state index contributed by atoms with van der Waals surface area (Å²) in [5.74, 6) is 0.913. The molecule has 4 N–H and O–H groups in total. The Labute approximate surface area is 289 Å². The van der Waals surface area contributed by atoms with E-state index in [9.17, 15) is 20.4 Å². The topological polar surface area (TPSA) is 98.0 Å². The standard InChI is InChI=1S/C15H12Br4O2.C15H16O2.CCl2O/c1-15(2,7-3-9(16)13(20)10(17)4-7)8-5-11(18)14(21)12(19)6-8;1-15(2,11-3-7-13(16)8-4-11)12-5-9-14(17)10-6-12;2-1(3)4/h3-6,20-21H,1-2H3;3-10,16-17H,1-2H3;. The molecule has 5 nitrogen and oxygen atoms in total. The van der Waals surface area contributed by atoms with Gasteiger partial charge in [0.15, 0.2) is 0 Å². The third kappa shape index (κ3) is 9.63. The van der Waals surface area contributed by atoms with Crippen molar-refractivity contribution >= 4 is 91.6 Å². The lowest BCUT2D eigenvalue weighted by atomic mass is 9.78. The number of carbonyl (C=O) groups is 1. The molecule has 0 saturated carbocycles. The van der Waals surface area contributed by atoms with E-state index in [4.69, 9.17) is 4.79 Å². The maximum atomic E-state index is 9.85. The van der Waals surface area contributed by atoms with Crippen LogP contribution in [0.1, 0.15) is 49.9 Å². The Hall–Kier alpha value is -1.75. The molecule has 0 aliphatic heterocycles. The molecule has 0 aliphatic rings. The van der Waals surface area contributed by atoms with Crippen LogP contribution in [0.5, 0.6) is 23.0 Å². The summed E-state index contributed by atoms with van der Waals surface area (Å²) >= 11 is 22.3. The zero-order chi connectivity index (χ0) is 32.0. The van der Waals surface area contributed by atoms with Crippen LogP contribution in [-0.2, 0) is 10.8 Å². The fourth-order valence-electron chi connectivity index (χ4n) is 3.94. The Morgan fingerprint density at radius 1 is 0.524 bits per heavy atom. The van der Waals surface area contributed by atoms with Gasteiger partial charge in [-0.15, -0.1) is 0 Å². The SMILES string of the molecule is CC(C)(c1cc(Br)c(O)c(Br)c1)c1cc(Br)c(O)c(Br)c1.CC(C)(c1ccc(O)cc1)c1ccc(O)cc1.O=C(Cl)Cl. The molecule has 0 saturated heterocycles. The highest BCUT2D eigenvalue weighted by Gasteiger charge is 2.27. The first kappa shape index (κ1) is 36.4. The van der Waals surface area contributed by atoms with Crippen LogP contribution in [0.4, 0.5) is 4.79 Å². The summed E-state index contributed by atoms with van der Waals surface area (Å²) in [5.41, 5.74) is 3.85. The van der Waals surface area contributed by atoms with Gasteiger partial charge in [0, 0.05) is 10.8 Å². The first-order chi connectivity index (χ1) is 19.4. The van der Waals surface area contributed by atoms with E-state index in [1.54, 1.807) is 24.3 Å². The van der Waals surface area contributed by atoms with Crippen LogP contribution in [0.2, 0.25) is 0 Å². The molecular formula is C31H28Br4Cl2O5. The highest BCUT2D eigenvalue weighted by atomic mass is 79.9. The first-order valence-corrected chi connectivity index (χ1v) is 16.1.